The summed E-state index contributed by atoms with van der Waals surface area (Å²) in [4.78, 5) is 0. The van der Waals surface area contributed by atoms with Crippen molar-refractivity contribution in [2.75, 3.05) is 0 Å². The predicted octanol–water partition coefficient (Wildman–Crippen LogP) is 6.28. The van der Waals surface area contributed by atoms with Crippen LogP contribution < -0.4 is 0 Å². The molecule has 0 unspecified atom stereocenters. The third-order valence-corrected chi connectivity index (χ3v) is 3.91. The van der Waals surface area contributed by atoms with E-state index in [9.17, 15) is 0 Å². The number of hydrogen-bond donors (Lipinski definition) is 0. The van der Waals surface area contributed by atoms with Crippen LogP contribution in [0.4, 0.5) is 0 Å². The van der Waals surface area contributed by atoms with Crippen molar-refractivity contribution in [1.82, 2.24) is 0 Å². The highest BCUT2D eigenvalue weighted by atomic mass is 79.9. The average molecular weight is 358 g/mol. The smallest absolute Gasteiger partial charge is 0.0221 e. The normalized spacial score (nSPS) is 12.4. The number of allylic oxidation sites excluding steroid dienone is 3. The van der Waals surface area contributed by atoms with Gasteiger partial charge in [-0.2, -0.15) is 0 Å². The summed E-state index contributed by atoms with van der Waals surface area (Å²) in [6, 6.07) is 4.22. The Balaban J connectivity index is 2.91. The quantitative estimate of drug-likeness (QED) is 0.556. The van der Waals surface area contributed by atoms with Crippen molar-refractivity contribution in [2.45, 2.75) is 33.6 Å². The highest BCUT2D eigenvalue weighted by molar-refractivity contribution is 9.11. The van der Waals surface area contributed by atoms with E-state index in [-0.39, 0.29) is 0 Å². The van der Waals surface area contributed by atoms with Crippen LogP contribution in [0.3, 0.4) is 0 Å². The van der Waals surface area contributed by atoms with E-state index in [0.29, 0.717) is 0 Å². The van der Waals surface area contributed by atoms with Crippen LogP contribution in [-0.2, 0) is 0 Å². The van der Waals surface area contributed by atoms with Gasteiger partial charge in [-0.15, -0.1) is 0 Å². The van der Waals surface area contributed by atoms with Gasteiger partial charge in [-0.05, 0) is 43.5 Å². The van der Waals surface area contributed by atoms with Crippen molar-refractivity contribution in [3.05, 3.63) is 49.9 Å². The SMILES string of the molecule is CCC/C=C(C)/C=C\c1cc(Br)cc(Br)c1C. The molecule has 17 heavy (non-hydrogen) atoms. The first-order valence-electron chi connectivity index (χ1n) is 5.85. The Morgan fingerprint density at radius 3 is 2.65 bits per heavy atom. The van der Waals surface area contributed by atoms with Crippen LogP contribution in [0, 0.1) is 6.92 Å². The van der Waals surface area contributed by atoms with E-state index in [0.717, 1.165) is 15.4 Å². The van der Waals surface area contributed by atoms with Gasteiger partial charge in [0, 0.05) is 8.95 Å². The van der Waals surface area contributed by atoms with Gasteiger partial charge >= 0.3 is 0 Å². The first-order chi connectivity index (χ1) is 8.04. The molecule has 0 nitrogen and oxygen atoms in total. The number of halogens is 2. The molecular formula is C15H18Br2. The number of hydrogen-bond acceptors (Lipinski definition) is 0. The average Bonchev–Trinajstić information content (AvgIpc) is 2.29. The predicted molar refractivity (Wildman–Crippen MR) is 84.3 cm³/mol. The number of benzene rings is 1. The molecule has 92 valence electrons. The summed E-state index contributed by atoms with van der Waals surface area (Å²) >= 11 is 7.08. The lowest BCUT2D eigenvalue weighted by molar-refractivity contribution is 0.952. The van der Waals surface area contributed by atoms with Crippen LogP contribution in [0.15, 0.2) is 38.8 Å². The Morgan fingerprint density at radius 2 is 2.00 bits per heavy atom. The van der Waals surface area contributed by atoms with E-state index < -0.39 is 0 Å². The summed E-state index contributed by atoms with van der Waals surface area (Å²) in [5.41, 5.74) is 3.84. The molecule has 0 bridgehead atoms. The molecule has 1 rings (SSSR count). The Bertz CT molecular complexity index is 442. The van der Waals surface area contributed by atoms with E-state index in [4.69, 9.17) is 0 Å². The monoisotopic (exact) mass is 356 g/mol. The van der Waals surface area contributed by atoms with Crippen LogP contribution in [0.25, 0.3) is 6.08 Å². The van der Waals surface area contributed by atoms with Crippen LogP contribution in [0.5, 0.6) is 0 Å². The summed E-state index contributed by atoms with van der Waals surface area (Å²) in [5.74, 6) is 0. The fraction of sp³-hybridized carbons (Fsp3) is 0.333. The molecule has 1 aromatic rings. The summed E-state index contributed by atoms with van der Waals surface area (Å²) in [6.07, 6.45) is 8.98. The summed E-state index contributed by atoms with van der Waals surface area (Å²) in [7, 11) is 0. The van der Waals surface area contributed by atoms with Crippen LogP contribution in [-0.4, -0.2) is 0 Å². The zero-order valence-electron chi connectivity index (χ0n) is 10.6. The second-order valence-corrected chi connectivity index (χ2v) is 5.94. The van der Waals surface area contributed by atoms with Gasteiger partial charge in [0.15, 0.2) is 0 Å². The maximum atomic E-state index is 3.57. The van der Waals surface area contributed by atoms with E-state index in [1.165, 1.54) is 23.1 Å². The molecule has 2 heteroatoms. The fourth-order valence-corrected chi connectivity index (χ4v) is 2.76. The van der Waals surface area contributed by atoms with Gasteiger partial charge in [0.25, 0.3) is 0 Å². The molecule has 0 saturated heterocycles. The lowest BCUT2D eigenvalue weighted by Gasteiger charge is -2.04. The molecule has 0 radical (unpaired) electrons. The van der Waals surface area contributed by atoms with E-state index in [1.807, 2.05) is 0 Å². The lowest BCUT2D eigenvalue weighted by atomic mass is 10.1. The first kappa shape index (κ1) is 14.7. The molecular weight excluding hydrogens is 340 g/mol. The number of unbranched alkanes of at least 4 members (excludes halogenated alkanes) is 1. The molecule has 0 atom stereocenters. The van der Waals surface area contributed by atoms with E-state index >= 15 is 0 Å². The third-order valence-electron chi connectivity index (χ3n) is 2.63. The Labute approximate surface area is 121 Å². The molecule has 0 aromatic heterocycles. The van der Waals surface area contributed by atoms with Gasteiger partial charge in [-0.1, -0.05) is 69.0 Å². The molecule has 0 fully saturated rings. The van der Waals surface area contributed by atoms with Crippen molar-refractivity contribution in [3.63, 3.8) is 0 Å². The second-order valence-electron chi connectivity index (χ2n) is 4.17. The van der Waals surface area contributed by atoms with Gasteiger partial charge in [0.1, 0.15) is 0 Å². The molecule has 0 aliphatic heterocycles. The van der Waals surface area contributed by atoms with Crippen molar-refractivity contribution in [2.24, 2.45) is 0 Å². The molecule has 1 aromatic carbocycles. The van der Waals surface area contributed by atoms with Crippen molar-refractivity contribution in [3.8, 4) is 0 Å². The molecule has 0 N–H and O–H groups in total. The Hall–Kier alpha value is -0.340. The minimum Gasteiger partial charge on any atom is -0.0816 e. The highest BCUT2D eigenvalue weighted by Gasteiger charge is 2.01. The first-order valence-corrected chi connectivity index (χ1v) is 7.43. The summed E-state index contributed by atoms with van der Waals surface area (Å²) in [6.45, 7) is 6.47. The van der Waals surface area contributed by atoms with E-state index in [2.05, 4.69) is 83.0 Å². The molecule has 0 aliphatic rings. The lowest BCUT2D eigenvalue weighted by Crippen LogP contribution is -1.83. The maximum absolute atomic E-state index is 3.57. The van der Waals surface area contributed by atoms with Crippen molar-refractivity contribution in [1.29, 1.82) is 0 Å². The molecule has 0 saturated carbocycles. The minimum atomic E-state index is 1.10. The van der Waals surface area contributed by atoms with Gasteiger partial charge in [0.2, 0.25) is 0 Å². The van der Waals surface area contributed by atoms with Crippen molar-refractivity contribution >= 4 is 37.9 Å². The van der Waals surface area contributed by atoms with Crippen LogP contribution >= 0.6 is 31.9 Å². The van der Waals surface area contributed by atoms with Gasteiger partial charge in [-0.25, -0.2) is 0 Å². The zero-order valence-corrected chi connectivity index (χ0v) is 13.7. The van der Waals surface area contributed by atoms with Gasteiger partial charge < -0.3 is 0 Å². The van der Waals surface area contributed by atoms with Crippen molar-refractivity contribution < 1.29 is 0 Å². The topological polar surface area (TPSA) is 0 Å². The molecule has 0 spiro atoms. The molecule has 0 amide bonds. The standard InChI is InChI=1S/C15H18Br2/c1-4-5-6-11(2)7-8-13-9-14(16)10-15(17)12(13)3/h6-10H,4-5H2,1-3H3/b8-7-,11-6+. The second kappa shape index (κ2) is 7.17. The summed E-state index contributed by atoms with van der Waals surface area (Å²) < 4.78 is 2.24. The van der Waals surface area contributed by atoms with Crippen LogP contribution in [0.1, 0.15) is 37.8 Å². The molecule has 0 aliphatic carbocycles. The minimum absolute atomic E-state index is 1.10. The largest absolute Gasteiger partial charge is 0.0816 e. The fourth-order valence-electron chi connectivity index (χ4n) is 1.50. The Kier molecular flexibility index (Phi) is 6.21. The third kappa shape index (κ3) is 4.81. The molecule has 0 heterocycles. The highest BCUT2D eigenvalue weighted by Crippen LogP contribution is 2.26. The van der Waals surface area contributed by atoms with Crippen LogP contribution in [0.2, 0.25) is 0 Å². The zero-order chi connectivity index (χ0) is 12.8. The van der Waals surface area contributed by atoms with Gasteiger partial charge in [-0.3, -0.25) is 0 Å². The Morgan fingerprint density at radius 1 is 1.29 bits per heavy atom. The van der Waals surface area contributed by atoms with E-state index in [1.54, 1.807) is 0 Å². The summed E-state index contributed by atoms with van der Waals surface area (Å²) in [5, 5.41) is 0. The van der Waals surface area contributed by atoms with Gasteiger partial charge in [0.05, 0.1) is 0 Å². The number of rotatable bonds is 4. The maximum Gasteiger partial charge on any atom is 0.0221 e.